The summed E-state index contributed by atoms with van der Waals surface area (Å²) in [5.74, 6) is 5.79. The molecule has 1 aromatic carbocycles. The zero-order valence-corrected chi connectivity index (χ0v) is 15.8. The van der Waals surface area contributed by atoms with Crippen LogP contribution in [-0.2, 0) is 11.3 Å². The lowest BCUT2D eigenvalue weighted by atomic mass is 10.0. The van der Waals surface area contributed by atoms with Gasteiger partial charge in [-0.1, -0.05) is 6.07 Å². The Labute approximate surface area is 156 Å². The summed E-state index contributed by atoms with van der Waals surface area (Å²) in [6, 6.07) is 3.92. The maximum absolute atomic E-state index is 12.4. The Morgan fingerprint density at radius 1 is 1.27 bits per heavy atom. The second-order valence-electron chi connectivity index (χ2n) is 7.59. The smallest absolute Gasteiger partial charge is 0.333 e. The molecule has 0 bridgehead atoms. The second kappa shape index (κ2) is 7.63. The van der Waals surface area contributed by atoms with Crippen LogP contribution in [0, 0.1) is 19.8 Å². The molecular weight excluding hydrogens is 330 g/mol. The Kier molecular flexibility index (Phi) is 5.48. The number of amides is 3. The van der Waals surface area contributed by atoms with Crippen LogP contribution in [0.1, 0.15) is 37.9 Å². The van der Waals surface area contributed by atoms with Crippen molar-refractivity contribution < 1.29 is 11.0 Å². The Morgan fingerprint density at radius 3 is 2.62 bits per heavy atom. The predicted octanol–water partition coefficient (Wildman–Crippen LogP) is 1.99. The van der Waals surface area contributed by atoms with Crippen LogP contribution in [0.5, 0.6) is 0 Å². The molecular formula is C19H31N5O2. The monoisotopic (exact) mass is 361 g/mol. The fourth-order valence-electron chi connectivity index (χ4n) is 3.70. The van der Waals surface area contributed by atoms with Gasteiger partial charge in [0.25, 0.3) is 0 Å². The maximum Gasteiger partial charge on any atom is 0.333 e. The first-order valence-electron chi connectivity index (χ1n) is 9.29. The van der Waals surface area contributed by atoms with E-state index in [0.29, 0.717) is 5.91 Å². The molecule has 144 valence electrons. The van der Waals surface area contributed by atoms with E-state index in [-0.39, 0.29) is 13.4 Å². The molecule has 1 aliphatic carbocycles. The highest BCUT2D eigenvalue weighted by molar-refractivity contribution is 5.90. The van der Waals surface area contributed by atoms with Gasteiger partial charge in [0, 0.05) is 45.3 Å². The number of nitrogens with two attached hydrogens (primary N) is 1. The predicted molar refractivity (Wildman–Crippen MR) is 104 cm³/mol. The molecule has 7 nitrogen and oxygen atoms in total. The summed E-state index contributed by atoms with van der Waals surface area (Å²) < 4.78 is 0. The van der Waals surface area contributed by atoms with Crippen LogP contribution in [0.3, 0.4) is 0 Å². The van der Waals surface area contributed by atoms with Gasteiger partial charge in [0.05, 0.1) is 0 Å². The third-order valence-corrected chi connectivity index (χ3v) is 5.35. The topological polar surface area (TPSA) is 90.7 Å². The number of hydrogen-bond acceptors (Lipinski definition) is 4. The van der Waals surface area contributed by atoms with E-state index in [0.717, 1.165) is 55.8 Å². The fourth-order valence-corrected chi connectivity index (χ4v) is 3.70. The zero-order valence-electron chi connectivity index (χ0n) is 15.8. The van der Waals surface area contributed by atoms with Crippen molar-refractivity contribution in [2.75, 3.05) is 25.0 Å². The van der Waals surface area contributed by atoms with Crippen LogP contribution in [0.4, 0.5) is 10.5 Å². The number of hydrazine groups is 1. The Hall–Kier alpha value is -2.12. The van der Waals surface area contributed by atoms with Gasteiger partial charge in [0.15, 0.2) is 0 Å². The van der Waals surface area contributed by atoms with E-state index in [9.17, 15) is 9.59 Å². The molecule has 1 aliphatic heterocycles. The summed E-state index contributed by atoms with van der Waals surface area (Å²) in [5, 5.41) is 2.78. The van der Waals surface area contributed by atoms with Gasteiger partial charge in [0.1, 0.15) is 0 Å². The van der Waals surface area contributed by atoms with Gasteiger partial charge < -0.3 is 10.2 Å². The van der Waals surface area contributed by atoms with E-state index in [1.165, 1.54) is 5.56 Å². The molecule has 26 heavy (non-hydrogen) atoms. The summed E-state index contributed by atoms with van der Waals surface area (Å²) in [6.45, 7) is 9.51. The molecule has 4 N–H and O–H groups in total. The number of carbonyl (C=O) groups excluding carboxylic acids is 2. The number of piperazine rings is 1. The normalized spacial score (nSPS) is 20.8. The van der Waals surface area contributed by atoms with Gasteiger partial charge in [-0.25, -0.2) is 10.6 Å². The minimum absolute atomic E-state index is 0. The minimum Gasteiger partial charge on any atom is -0.337 e. The van der Waals surface area contributed by atoms with Crippen LogP contribution in [0.15, 0.2) is 12.1 Å². The van der Waals surface area contributed by atoms with Gasteiger partial charge >= 0.3 is 6.03 Å². The Bertz CT molecular complexity index is 708. The Morgan fingerprint density at radius 2 is 2.00 bits per heavy atom. The molecule has 1 aromatic rings. The fraction of sp³-hybridized carbons (Fsp3) is 0.579. The van der Waals surface area contributed by atoms with Crippen molar-refractivity contribution in [3.63, 3.8) is 0 Å². The molecule has 3 amide bonds. The molecule has 0 radical (unpaired) electrons. The van der Waals surface area contributed by atoms with Crippen molar-refractivity contribution in [1.29, 1.82) is 0 Å². The number of benzene rings is 1. The Balaban J connectivity index is 0.00000261. The molecule has 7 heteroatoms. The zero-order chi connectivity index (χ0) is 18.8. The molecule has 1 saturated carbocycles. The molecule has 1 atom stereocenters. The van der Waals surface area contributed by atoms with Gasteiger partial charge in [0.2, 0.25) is 5.91 Å². The number of aryl methyl sites for hydroxylation is 1. The number of nitrogens with one attached hydrogen (secondary N) is 2. The third-order valence-electron chi connectivity index (χ3n) is 5.35. The molecule has 0 aromatic heterocycles. The van der Waals surface area contributed by atoms with Crippen molar-refractivity contribution in [2.24, 2.45) is 11.8 Å². The first-order chi connectivity index (χ1) is 12.4. The minimum atomic E-state index is -0.425. The first-order valence-corrected chi connectivity index (χ1v) is 9.29. The SMILES string of the molecule is Cc1cc(CN2CCN(C(=O)C3CC3)[C@@H](C)C2)c(C)c(NC(=O)NN)c1.[HH]. The van der Waals surface area contributed by atoms with Crippen molar-refractivity contribution in [1.82, 2.24) is 15.2 Å². The number of carbonyl (C=O) groups is 2. The van der Waals surface area contributed by atoms with E-state index in [1.807, 2.05) is 19.9 Å². The average Bonchev–Trinajstić information content (AvgIpc) is 3.43. The van der Waals surface area contributed by atoms with Crippen LogP contribution in [0.2, 0.25) is 0 Å². The highest BCUT2D eigenvalue weighted by Gasteiger charge is 2.37. The van der Waals surface area contributed by atoms with Gasteiger partial charge in [-0.3, -0.25) is 15.1 Å². The van der Waals surface area contributed by atoms with E-state index >= 15 is 0 Å². The van der Waals surface area contributed by atoms with Crippen LogP contribution in [-0.4, -0.2) is 47.4 Å². The van der Waals surface area contributed by atoms with E-state index in [4.69, 9.17) is 5.84 Å². The molecule has 0 unspecified atom stereocenters. The van der Waals surface area contributed by atoms with Crippen LogP contribution in [0.25, 0.3) is 0 Å². The quantitative estimate of drug-likeness (QED) is 0.434. The molecule has 3 rings (SSSR count). The van der Waals surface area contributed by atoms with Crippen molar-refractivity contribution in [3.05, 3.63) is 28.8 Å². The molecule has 0 spiro atoms. The highest BCUT2D eigenvalue weighted by Crippen LogP contribution is 2.32. The lowest BCUT2D eigenvalue weighted by molar-refractivity contribution is -0.137. The van der Waals surface area contributed by atoms with E-state index in [1.54, 1.807) is 0 Å². The highest BCUT2D eigenvalue weighted by atomic mass is 16.2. The van der Waals surface area contributed by atoms with Crippen molar-refractivity contribution in [2.45, 2.75) is 46.2 Å². The van der Waals surface area contributed by atoms with Gasteiger partial charge in [-0.05, 0) is 56.4 Å². The van der Waals surface area contributed by atoms with E-state index < -0.39 is 6.03 Å². The second-order valence-corrected chi connectivity index (χ2v) is 7.59. The molecule has 1 saturated heterocycles. The standard InChI is InChI=1S/C19H29N5O2.H2/c1-12-8-16(14(3)17(9-12)21-19(26)22-20)11-23-6-7-24(13(2)10-23)18(25)15-4-5-15;/h8-9,13,15H,4-7,10-11,20H2,1-3H3,(H2,21,22,26);1H/t13-;/m0./s1. The number of rotatable bonds is 4. The summed E-state index contributed by atoms with van der Waals surface area (Å²) in [4.78, 5) is 28.4. The van der Waals surface area contributed by atoms with Crippen molar-refractivity contribution >= 4 is 17.6 Å². The lowest BCUT2D eigenvalue weighted by Crippen LogP contribution is -2.54. The van der Waals surface area contributed by atoms with Crippen LogP contribution >= 0.6 is 0 Å². The number of nitrogens with zero attached hydrogens (tertiary/aromatic N) is 2. The van der Waals surface area contributed by atoms with Crippen LogP contribution < -0.4 is 16.6 Å². The van der Waals surface area contributed by atoms with Crippen molar-refractivity contribution in [3.8, 4) is 0 Å². The number of anilines is 1. The third kappa shape index (κ3) is 4.16. The molecule has 1 heterocycles. The largest absolute Gasteiger partial charge is 0.337 e. The lowest BCUT2D eigenvalue weighted by Gasteiger charge is -2.40. The summed E-state index contributed by atoms with van der Waals surface area (Å²) >= 11 is 0. The number of hydrogen-bond donors (Lipinski definition) is 3. The van der Waals surface area contributed by atoms with Gasteiger partial charge in [-0.2, -0.15) is 0 Å². The van der Waals surface area contributed by atoms with Gasteiger partial charge in [-0.15, -0.1) is 0 Å². The molecule has 2 fully saturated rings. The maximum atomic E-state index is 12.4. The molecule has 2 aliphatic rings. The summed E-state index contributed by atoms with van der Waals surface area (Å²) in [5.41, 5.74) is 6.20. The first kappa shape index (κ1) is 18.7. The van der Waals surface area contributed by atoms with E-state index in [2.05, 4.69) is 33.5 Å². The summed E-state index contributed by atoms with van der Waals surface area (Å²) in [6.07, 6.45) is 2.11. The number of urea groups is 1. The summed E-state index contributed by atoms with van der Waals surface area (Å²) in [7, 11) is 0. The average molecular weight is 361 g/mol.